The zero-order valence-corrected chi connectivity index (χ0v) is 16.1. The van der Waals surface area contributed by atoms with E-state index >= 15 is 0 Å². The number of methoxy groups -OCH3 is 1. The van der Waals surface area contributed by atoms with Crippen LogP contribution in [-0.4, -0.2) is 53.8 Å². The van der Waals surface area contributed by atoms with E-state index in [1.54, 1.807) is 18.2 Å². The number of carboxylic acids is 2. The highest BCUT2D eigenvalue weighted by atomic mass is 16.5. The molecule has 2 fully saturated rings. The highest BCUT2D eigenvalue weighted by Crippen LogP contribution is 2.55. The first-order valence-corrected chi connectivity index (χ1v) is 9.68. The second kappa shape index (κ2) is 7.89. The van der Waals surface area contributed by atoms with Gasteiger partial charge in [0.1, 0.15) is 12.2 Å². The molecule has 1 saturated heterocycles. The fourth-order valence-corrected chi connectivity index (χ4v) is 5.43. The minimum Gasteiger partial charge on any atom is -0.497 e. The number of likely N-dealkylation sites (tertiary alicyclic amines) is 1. The fraction of sp³-hybridized carbons (Fsp3) is 0.619. The number of carbonyl (C=O) groups is 2. The first kappa shape index (κ1) is 19.7. The minimum atomic E-state index is -1.31. The maximum absolute atomic E-state index is 9.43. The summed E-state index contributed by atoms with van der Waals surface area (Å²) in [5, 5.41) is 15.4. The van der Waals surface area contributed by atoms with Gasteiger partial charge in [-0.3, -0.25) is 9.59 Å². The van der Waals surface area contributed by atoms with Gasteiger partial charge in [-0.1, -0.05) is 18.9 Å². The van der Waals surface area contributed by atoms with E-state index in [-0.39, 0.29) is 0 Å². The quantitative estimate of drug-likeness (QED) is 0.790. The molecule has 0 spiro atoms. The molecule has 2 N–H and O–H groups in total. The molecule has 2 bridgehead atoms. The van der Waals surface area contributed by atoms with E-state index in [2.05, 4.69) is 30.1 Å². The summed E-state index contributed by atoms with van der Waals surface area (Å²) in [6, 6.07) is 7.60. The Hall–Kier alpha value is -2.08. The van der Waals surface area contributed by atoms with Crippen molar-refractivity contribution in [3.8, 4) is 5.75 Å². The van der Waals surface area contributed by atoms with Crippen molar-refractivity contribution in [1.82, 2.24) is 4.90 Å². The van der Waals surface area contributed by atoms with Crippen LogP contribution in [0, 0.1) is 5.92 Å². The van der Waals surface area contributed by atoms with E-state index < -0.39 is 18.4 Å². The van der Waals surface area contributed by atoms with Crippen LogP contribution in [0.15, 0.2) is 18.2 Å². The summed E-state index contributed by atoms with van der Waals surface area (Å²) in [6.45, 7) is 1.26. The summed E-state index contributed by atoms with van der Waals surface area (Å²) >= 11 is 0. The third-order valence-electron chi connectivity index (χ3n) is 6.62. The Balaban J connectivity index is 0.000000260. The number of carboxylic acid groups (broad SMARTS) is 2. The molecule has 148 valence electrons. The predicted octanol–water partition coefficient (Wildman–Crippen LogP) is 2.93. The van der Waals surface area contributed by atoms with Crippen molar-refractivity contribution in [3.05, 3.63) is 29.3 Å². The van der Waals surface area contributed by atoms with E-state index in [0.29, 0.717) is 5.41 Å². The van der Waals surface area contributed by atoms with Crippen LogP contribution in [0.4, 0.5) is 0 Å². The number of fused-ring (bicyclic) bond motifs is 1. The van der Waals surface area contributed by atoms with Gasteiger partial charge in [0.2, 0.25) is 0 Å². The van der Waals surface area contributed by atoms with Crippen LogP contribution in [0.3, 0.4) is 0 Å². The molecular weight excluding hydrogens is 346 g/mol. The van der Waals surface area contributed by atoms with Crippen LogP contribution < -0.4 is 4.74 Å². The van der Waals surface area contributed by atoms with Crippen LogP contribution in [0.25, 0.3) is 0 Å². The largest absolute Gasteiger partial charge is 0.497 e. The average molecular weight is 375 g/mol. The summed E-state index contributed by atoms with van der Waals surface area (Å²) in [5.74, 6) is -0.713. The van der Waals surface area contributed by atoms with Gasteiger partial charge in [-0.25, -0.2) is 0 Å². The lowest BCUT2D eigenvalue weighted by atomic mass is 9.52. The number of nitrogens with zero attached hydrogens (tertiary/aromatic N) is 1. The Bertz CT molecular complexity index is 707. The predicted molar refractivity (Wildman–Crippen MR) is 101 cm³/mol. The Morgan fingerprint density at radius 1 is 1.22 bits per heavy atom. The SMILES string of the molecule is COc1ccc2c(c1)[C@]13CCCC[C@@H]1[C@H](C2)N(C)CC3.O=C(O)CC(=O)O. The minimum absolute atomic E-state index is 0.456. The standard InChI is InChI=1S/C18H25NO.C3H4O4/c1-19-10-9-18-8-4-3-5-15(18)17(19)11-13-6-7-14(20-2)12-16(13)18;4-2(5)1-3(6)7/h6-7,12,15,17H,3-5,8-11H2,1-2H3;1H2,(H,4,5)(H,6,7)/t15-,17+,18+;/m1./s1. The second-order valence-corrected chi connectivity index (χ2v) is 8.00. The number of likely N-dealkylation sites (N-methyl/N-ethyl adjacent to an activating group) is 1. The fourth-order valence-electron chi connectivity index (χ4n) is 5.43. The van der Waals surface area contributed by atoms with Gasteiger partial charge in [-0.2, -0.15) is 0 Å². The highest BCUT2D eigenvalue weighted by molar-refractivity contribution is 5.88. The van der Waals surface area contributed by atoms with Crippen molar-refractivity contribution in [2.75, 3.05) is 20.7 Å². The molecule has 1 saturated carbocycles. The molecule has 3 atom stereocenters. The Morgan fingerprint density at radius 2 is 1.96 bits per heavy atom. The zero-order chi connectivity index (χ0) is 19.6. The Labute approximate surface area is 160 Å². The molecule has 6 nitrogen and oxygen atoms in total. The molecule has 0 amide bonds. The molecule has 0 radical (unpaired) electrons. The summed E-state index contributed by atoms with van der Waals surface area (Å²) in [7, 11) is 4.12. The van der Waals surface area contributed by atoms with Crippen LogP contribution in [0.1, 0.15) is 49.7 Å². The average Bonchev–Trinajstić information content (AvgIpc) is 2.64. The van der Waals surface area contributed by atoms with Gasteiger partial charge in [0.05, 0.1) is 7.11 Å². The maximum atomic E-state index is 9.43. The molecule has 3 aliphatic rings. The van der Waals surface area contributed by atoms with E-state index in [4.69, 9.17) is 14.9 Å². The molecule has 1 heterocycles. The first-order valence-electron chi connectivity index (χ1n) is 9.68. The molecule has 1 aromatic carbocycles. The molecule has 1 aromatic rings. The molecule has 0 aromatic heterocycles. The highest BCUT2D eigenvalue weighted by Gasteiger charge is 2.53. The number of ether oxygens (including phenoxy) is 1. The van der Waals surface area contributed by atoms with Gasteiger partial charge in [-0.05, 0) is 68.5 Å². The van der Waals surface area contributed by atoms with Gasteiger partial charge in [0.15, 0.2) is 0 Å². The second-order valence-electron chi connectivity index (χ2n) is 8.00. The number of benzene rings is 1. The maximum Gasteiger partial charge on any atom is 0.314 e. The third-order valence-corrected chi connectivity index (χ3v) is 6.62. The van der Waals surface area contributed by atoms with Crippen molar-refractivity contribution in [2.45, 2.75) is 56.4 Å². The van der Waals surface area contributed by atoms with E-state index in [1.807, 2.05) is 0 Å². The summed E-state index contributed by atoms with van der Waals surface area (Å²) in [6.07, 6.45) is 7.42. The van der Waals surface area contributed by atoms with E-state index in [0.717, 1.165) is 17.7 Å². The van der Waals surface area contributed by atoms with E-state index in [9.17, 15) is 9.59 Å². The van der Waals surface area contributed by atoms with Crippen molar-refractivity contribution in [2.24, 2.45) is 5.92 Å². The normalized spacial score (nSPS) is 28.8. The molecular formula is C21H29NO5. The van der Waals surface area contributed by atoms with Gasteiger partial charge < -0.3 is 19.8 Å². The Morgan fingerprint density at radius 3 is 2.59 bits per heavy atom. The lowest BCUT2D eigenvalue weighted by Crippen LogP contribution is -2.59. The van der Waals surface area contributed by atoms with Crippen molar-refractivity contribution in [3.63, 3.8) is 0 Å². The number of rotatable bonds is 3. The van der Waals surface area contributed by atoms with Gasteiger partial charge in [0.25, 0.3) is 0 Å². The first-order chi connectivity index (χ1) is 12.9. The van der Waals surface area contributed by atoms with Crippen molar-refractivity contribution >= 4 is 11.9 Å². The Kier molecular flexibility index (Phi) is 5.75. The van der Waals surface area contributed by atoms with Crippen molar-refractivity contribution in [1.29, 1.82) is 0 Å². The third kappa shape index (κ3) is 3.81. The smallest absolute Gasteiger partial charge is 0.314 e. The van der Waals surface area contributed by atoms with Crippen LogP contribution in [0.5, 0.6) is 5.75 Å². The summed E-state index contributed by atoms with van der Waals surface area (Å²) in [4.78, 5) is 21.5. The summed E-state index contributed by atoms with van der Waals surface area (Å²) in [5.41, 5.74) is 3.67. The molecule has 4 rings (SSSR count). The lowest BCUT2D eigenvalue weighted by Gasteiger charge is -2.58. The molecule has 0 unspecified atom stereocenters. The lowest BCUT2D eigenvalue weighted by molar-refractivity contribution is -0.147. The number of hydrogen-bond acceptors (Lipinski definition) is 4. The van der Waals surface area contributed by atoms with Gasteiger partial charge in [0, 0.05) is 11.5 Å². The number of aliphatic carboxylic acids is 2. The zero-order valence-electron chi connectivity index (χ0n) is 16.1. The molecule has 27 heavy (non-hydrogen) atoms. The van der Waals surface area contributed by atoms with E-state index in [1.165, 1.54) is 45.1 Å². The monoisotopic (exact) mass is 375 g/mol. The number of hydrogen-bond donors (Lipinski definition) is 2. The molecule has 1 aliphatic heterocycles. The molecule has 2 aliphatic carbocycles. The number of piperidine rings is 1. The summed E-state index contributed by atoms with van der Waals surface area (Å²) < 4.78 is 5.51. The topological polar surface area (TPSA) is 87.1 Å². The molecule has 6 heteroatoms. The van der Waals surface area contributed by atoms with Crippen LogP contribution in [-0.2, 0) is 21.4 Å². The van der Waals surface area contributed by atoms with Crippen LogP contribution >= 0.6 is 0 Å². The van der Waals surface area contributed by atoms with Gasteiger partial charge in [-0.15, -0.1) is 0 Å². The van der Waals surface area contributed by atoms with Crippen LogP contribution in [0.2, 0.25) is 0 Å². The van der Waals surface area contributed by atoms with Crippen molar-refractivity contribution < 1.29 is 24.5 Å². The van der Waals surface area contributed by atoms with Gasteiger partial charge >= 0.3 is 11.9 Å².